The Kier molecular flexibility index (Phi) is 11.2. The zero-order valence-electron chi connectivity index (χ0n) is 22.5. The zero-order valence-corrected chi connectivity index (χ0v) is 22.5. The van der Waals surface area contributed by atoms with Crippen LogP contribution in [0, 0.1) is 0 Å². The van der Waals surface area contributed by atoms with E-state index in [1.165, 1.54) is 30.3 Å². The lowest BCUT2D eigenvalue weighted by Gasteiger charge is -2.12. The van der Waals surface area contributed by atoms with Gasteiger partial charge in [-0.3, -0.25) is 9.59 Å². The first kappa shape index (κ1) is 31.0. The van der Waals surface area contributed by atoms with E-state index >= 15 is 0 Å². The number of rotatable bonds is 13. The normalized spacial score (nSPS) is 11.6. The summed E-state index contributed by atoms with van der Waals surface area (Å²) in [6.45, 7) is 3.96. The number of benzene rings is 3. The lowest BCUT2D eigenvalue weighted by atomic mass is 10.1. The molecule has 0 aromatic heterocycles. The van der Waals surface area contributed by atoms with Crippen molar-refractivity contribution in [3.8, 4) is 17.2 Å². The second-order valence-electron chi connectivity index (χ2n) is 9.04. The Morgan fingerprint density at radius 2 is 1.51 bits per heavy atom. The van der Waals surface area contributed by atoms with Crippen molar-refractivity contribution >= 4 is 17.9 Å². The fraction of sp³-hybridized carbons (Fsp3) is 0.267. The number of carbonyl (C=O) groups is 2. The van der Waals surface area contributed by atoms with Gasteiger partial charge in [-0.15, -0.1) is 13.2 Å². The number of hydrogen-bond acceptors (Lipinski definition) is 6. The monoisotopic (exact) mass is 572 g/mol. The highest BCUT2D eigenvalue weighted by Crippen LogP contribution is 2.23. The summed E-state index contributed by atoms with van der Waals surface area (Å²) in [5.74, 6) is -0.356. The first-order valence-corrected chi connectivity index (χ1v) is 12.8. The number of halogens is 3. The molecule has 8 nitrogen and oxygen atoms in total. The van der Waals surface area contributed by atoms with E-state index in [-0.39, 0.29) is 30.5 Å². The van der Waals surface area contributed by atoms with Gasteiger partial charge in [0.25, 0.3) is 11.8 Å². The quantitative estimate of drug-likeness (QED) is 0.253. The molecule has 0 aliphatic heterocycles. The van der Waals surface area contributed by atoms with E-state index in [1.54, 1.807) is 12.1 Å². The average Bonchev–Trinajstić information content (AvgIpc) is 2.92. The van der Waals surface area contributed by atoms with Crippen molar-refractivity contribution in [1.82, 2.24) is 10.6 Å². The van der Waals surface area contributed by atoms with E-state index in [0.29, 0.717) is 24.3 Å². The summed E-state index contributed by atoms with van der Waals surface area (Å²) in [4.78, 5) is 25.4. The molecule has 0 radical (unpaired) electrons. The van der Waals surface area contributed by atoms with Gasteiger partial charge in [0.05, 0.1) is 19.3 Å². The van der Waals surface area contributed by atoms with Crippen molar-refractivity contribution in [2.75, 3.05) is 19.8 Å². The van der Waals surface area contributed by atoms with Gasteiger partial charge < -0.3 is 30.0 Å². The van der Waals surface area contributed by atoms with Crippen molar-refractivity contribution in [3.05, 3.63) is 95.2 Å². The van der Waals surface area contributed by atoms with E-state index in [1.807, 2.05) is 38.1 Å². The second kappa shape index (κ2) is 14.8. The Morgan fingerprint density at radius 1 is 0.902 bits per heavy atom. The molecule has 218 valence electrons. The largest absolute Gasteiger partial charge is 0.573 e. The van der Waals surface area contributed by atoms with Crippen LogP contribution in [0.2, 0.25) is 0 Å². The van der Waals surface area contributed by atoms with Crippen LogP contribution >= 0.6 is 0 Å². The maximum atomic E-state index is 12.9. The summed E-state index contributed by atoms with van der Waals surface area (Å²) >= 11 is 0. The molecule has 0 heterocycles. The number of hydrogen-bond donors (Lipinski definition) is 3. The van der Waals surface area contributed by atoms with E-state index in [9.17, 15) is 22.8 Å². The molecule has 0 saturated carbocycles. The number of alkyl halides is 3. The number of ether oxygens (including phenoxy) is 3. The molecule has 0 spiro atoms. The molecule has 0 saturated heterocycles. The first-order chi connectivity index (χ1) is 19.5. The maximum absolute atomic E-state index is 12.9. The second-order valence-corrected chi connectivity index (χ2v) is 9.04. The summed E-state index contributed by atoms with van der Waals surface area (Å²) in [5.41, 5.74) is 1.49. The van der Waals surface area contributed by atoms with Gasteiger partial charge in [-0.05, 0) is 79.6 Å². The van der Waals surface area contributed by atoms with Crippen LogP contribution in [0.25, 0.3) is 6.08 Å². The Bertz CT molecular complexity index is 1310. The fourth-order valence-corrected chi connectivity index (χ4v) is 3.55. The summed E-state index contributed by atoms with van der Waals surface area (Å²) in [5, 5.41) is 14.0. The highest BCUT2D eigenvalue weighted by atomic mass is 19.4. The van der Waals surface area contributed by atoms with Crippen LogP contribution in [0.1, 0.15) is 35.3 Å². The third kappa shape index (κ3) is 10.9. The number of aliphatic hydroxyl groups excluding tert-OH is 1. The van der Waals surface area contributed by atoms with Crippen molar-refractivity contribution in [2.24, 2.45) is 0 Å². The molecule has 2 amide bonds. The van der Waals surface area contributed by atoms with E-state index < -0.39 is 23.9 Å². The third-order valence-electron chi connectivity index (χ3n) is 5.39. The van der Waals surface area contributed by atoms with Crippen molar-refractivity contribution in [2.45, 2.75) is 32.7 Å². The Morgan fingerprint density at radius 3 is 2.10 bits per heavy atom. The smallest absolute Gasteiger partial charge is 0.493 e. The predicted molar refractivity (Wildman–Crippen MR) is 147 cm³/mol. The van der Waals surface area contributed by atoms with Crippen LogP contribution in [0.3, 0.4) is 0 Å². The minimum Gasteiger partial charge on any atom is -0.493 e. The molecule has 3 aromatic rings. The SMILES string of the molecule is CC(C)Oc1ccc(CCOc2ccc(C(=O)N/C(=C\c3ccc(OC(F)(F)F)cc3)C(=O)NCCO)cc2)cc1. The van der Waals surface area contributed by atoms with Crippen molar-refractivity contribution in [1.29, 1.82) is 0 Å². The number of aliphatic hydroxyl groups is 1. The molecule has 3 aromatic carbocycles. The van der Waals surface area contributed by atoms with Crippen molar-refractivity contribution in [3.63, 3.8) is 0 Å². The molecule has 0 fully saturated rings. The van der Waals surface area contributed by atoms with Gasteiger partial charge >= 0.3 is 6.36 Å². The van der Waals surface area contributed by atoms with E-state index in [0.717, 1.165) is 23.4 Å². The van der Waals surface area contributed by atoms with Gasteiger partial charge in [0.1, 0.15) is 22.9 Å². The van der Waals surface area contributed by atoms with Crippen LogP contribution in [-0.4, -0.2) is 49.1 Å². The molecule has 0 bridgehead atoms. The first-order valence-electron chi connectivity index (χ1n) is 12.8. The molecule has 0 aliphatic carbocycles. The highest BCUT2D eigenvalue weighted by Gasteiger charge is 2.31. The summed E-state index contributed by atoms with van der Waals surface area (Å²) in [6.07, 6.45) is -2.77. The summed E-state index contributed by atoms with van der Waals surface area (Å²) < 4.78 is 52.5. The van der Waals surface area contributed by atoms with Crippen LogP contribution in [0.5, 0.6) is 17.2 Å². The van der Waals surface area contributed by atoms with Gasteiger partial charge in [0.15, 0.2) is 0 Å². The summed E-state index contributed by atoms with van der Waals surface area (Å²) in [7, 11) is 0. The van der Waals surface area contributed by atoms with Gasteiger partial charge in [-0.1, -0.05) is 24.3 Å². The molecule has 41 heavy (non-hydrogen) atoms. The lowest BCUT2D eigenvalue weighted by molar-refractivity contribution is -0.274. The standard InChI is InChI=1S/C30H31F3N2O6/c1-20(2)40-25-9-3-21(4-10-25)15-18-39-24-13-7-23(8-14-24)28(37)35-27(29(38)34-16-17-36)19-22-5-11-26(12-6-22)41-30(31,32)33/h3-14,19-20,36H,15-18H2,1-2H3,(H,34,38)(H,35,37)/b27-19-. The Balaban J connectivity index is 1.61. The molecule has 11 heteroatoms. The minimum atomic E-state index is -4.84. The molecule has 0 unspecified atom stereocenters. The van der Waals surface area contributed by atoms with Gasteiger partial charge in [0, 0.05) is 18.5 Å². The highest BCUT2D eigenvalue weighted by molar-refractivity contribution is 6.05. The van der Waals surface area contributed by atoms with Gasteiger partial charge in [-0.2, -0.15) is 0 Å². The molecule has 3 N–H and O–H groups in total. The zero-order chi connectivity index (χ0) is 29.8. The number of carbonyl (C=O) groups excluding carboxylic acids is 2. The molecule has 0 atom stereocenters. The lowest BCUT2D eigenvalue weighted by Crippen LogP contribution is -2.36. The van der Waals surface area contributed by atoms with Crippen LogP contribution < -0.4 is 24.8 Å². The fourth-order valence-electron chi connectivity index (χ4n) is 3.55. The number of nitrogens with one attached hydrogen (secondary N) is 2. The van der Waals surface area contributed by atoms with Gasteiger partial charge in [-0.25, -0.2) is 0 Å². The Hall–Kier alpha value is -4.51. The third-order valence-corrected chi connectivity index (χ3v) is 5.39. The molecular formula is C30H31F3N2O6. The topological polar surface area (TPSA) is 106 Å². The van der Waals surface area contributed by atoms with Crippen molar-refractivity contribution < 1.29 is 42.1 Å². The minimum absolute atomic E-state index is 0.0632. The molecule has 0 aliphatic rings. The van der Waals surface area contributed by atoms with Crippen LogP contribution in [0.15, 0.2) is 78.5 Å². The predicted octanol–water partition coefficient (Wildman–Crippen LogP) is 4.87. The van der Waals surface area contributed by atoms with E-state index in [2.05, 4.69) is 15.4 Å². The van der Waals surface area contributed by atoms with E-state index in [4.69, 9.17) is 14.6 Å². The van der Waals surface area contributed by atoms with Crippen LogP contribution in [-0.2, 0) is 11.2 Å². The van der Waals surface area contributed by atoms with Gasteiger partial charge in [0.2, 0.25) is 0 Å². The summed E-state index contributed by atoms with van der Waals surface area (Å²) in [6, 6.07) is 18.9. The molecular weight excluding hydrogens is 541 g/mol. The van der Waals surface area contributed by atoms with Crippen LogP contribution in [0.4, 0.5) is 13.2 Å². The number of amides is 2. The average molecular weight is 573 g/mol. The maximum Gasteiger partial charge on any atom is 0.573 e. The molecule has 3 rings (SSSR count). The Labute approximate surface area is 235 Å².